The van der Waals surface area contributed by atoms with Gasteiger partial charge in [0.1, 0.15) is 13.4 Å². The molecule has 2 radical (unpaired) electrons. The minimum absolute atomic E-state index is 0.0290. The smallest absolute Gasteiger partial charge is 0.430 e. The summed E-state index contributed by atoms with van der Waals surface area (Å²) in [5.74, 6) is -0.622. The summed E-state index contributed by atoms with van der Waals surface area (Å²) in [5, 5.41) is -0.292. The molecule has 0 aliphatic rings. The Morgan fingerprint density at radius 2 is 2.12 bits per heavy atom. The van der Waals surface area contributed by atoms with Crippen molar-refractivity contribution >= 4 is 48.2 Å². The number of fused-ring (bicyclic) bond motifs is 1. The maximum absolute atomic E-state index is 12.2. The second kappa shape index (κ2) is 3.95. The first-order valence-corrected chi connectivity index (χ1v) is 4.93. The highest BCUT2D eigenvalue weighted by atomic mass is 35.5. The molecule has 1 N–H and O–H groups in total. The number of aromatic nitrogens is 1. The maximum atomic E-state index is 12.2. The average molecular weight is 279 g/mol. The molecule has 0 amide bonds. The van der Waals surface area contributed by atoms with E-state index >= 15 is 0 Å². The molecule has 0 spiro atoms. The third kappa shape index (κ3) is 2.42. The molecule has 0 bridgehead atoms. The fourth-order valence-corrected chi connectivity index (χ4v) is 1.73. The first-order chi connectivity index (χ1) is 7.78. The van der Waals surface area contributed by atoms with E-state index < -0.39 is 12.1 Å². The molecule has 0 unspecified atom stereocenters. The monoisotopic (exact) mass is 279 g/mol. The van der Waals surface area contributed by atoms with E-state index in [0.29, 0.717) is 0 Å². The topological polar surface area (TPSA) is 38.2 Å². The first kappa shape index (κ1) is 12.3. The summed E-state index contributed by atoms with van der Waals surface area (Å²) in [5.41, 5.74) is -0.0946. The number of H-pyrrole nitrogens is 1. The number of aromatic amines is 1. The lowest BCUT2D eigenvalue weighted by Gasteiger charge is -2.11. The Balaban J connectivity index is 2.73. The van der Waals surface area contributed by atoms with Crippen molar-refractivity contribution in [3.63, 3.8) is 0 Å². The van der Waals surface area contributed by atoms with Crippen molar-refractivity contribution in [1.82, 2.24) is 4.98 Å². The highest BCUT2D eigenvalue weighted by molar-refractivity contribution is 7.71. The summed E-state index contributed by atoms with van der Waals surface area (Å²) >= 11 is 10.3. The van der Waals surface area contributed by atoms with Gasteiger partial charge in [0.25, 0.3) is 4.84 Å². The third-order valence-corrected chi connectivity index (χ3v) is 2.32. The summed E-state index contributed by atoms with van der Waals surface area (Å²) in [6.07, 6.45) is -4.88. The van der Waals surface area contributed by atoms with Crippen LogP contribution in [0, 0.1) is 4.84 Å². The van der Waals surface area contributed by atoms with Gasteiger partial charge in [0.2, 0.25) is 0 Å². The Morgan fingerprint density at radius 3 is 2.71 bits per heavy atom. The van der Waals surface area contributed by atoms with Gasteiger partial charge in [0, 0.05) is 0 Å². The largest absolute Gasteiger partial charge is 0.573 e. The lowest BCUT2D eigenvalue weighted by atomic mass is 9.95. The van der Waals surface area contributed by atoms with Crippen molar-refractivity contribution in [3.05, 3.63) is 15.9 Å². The van der Waals surface area contributed by atoms with Gasteiger partial charge in [0.15, 0.2) is 11.3 Å². The lowest BCUT2D eigenvalue weighted by Crippen LogP contribution is -2.18. The van der Waals surface area contributed by atoms with E-state index in [1.165, 1.54) is 0 Å². The Bertz CT molecular complexity index is 636. The number of nitrogens with one attached hydrogen (secondary N) is 1. The summed E-state index contributed by atoms with van der Waals surface area (Å²) in [4.78, 5) is 2.27. The zero-order chi connectivity index (χ0) is 12.8. The van der Waals surface area contributed by atoms with Crippen LogP contribution < -0.4 is 10.2 Å². The SMILES string of the molecule is [B]c1cc(Cl)c(OC(F)(F)F)c2[nH]c(=S)oc12. The molecule has 3 nitrogen and oxygen atoms in total. The number of oxazole rings is 1. The highest BCUT2D eigenvalue weighted by Gasteiger charge is 2.33. The summed E-state index contributed by atoms with van der Waals surface area (Å²) < 4.78 is 45.2. The van der Waals surface area contributed by atoms with Crippen LogP contribution in [0.1, 0.15) is 0 Å². The number of halogens is 4. The molecular formula is C8H2BClF3NO2S. The van der Waals surface area contributed by atoms with Crippen molar-refractivity contribution in [2.75, 3.05) is 0 Å². The second-order valence-electron chi connectivity index (χ2n) is 3.04. The van der Waals surface area contributed by atoms with E-state index in [0.717, 1.165) is 6.07 Å². The Labute approximate surface area is 104 Å². The Kier molecular flexibility index (Phi) is 2.86. The molecule has 1 aromatic heterocycles. The van der Waals surface area contributed by atoms with Crippen molar-refractivity contribution in [2.45, 2.75) is 6.36 Å². The van der Waals surface area contributed by atoms with Crippen LogP contribution in [-0.4, -0.2) is 19.2 Å². The van der Waals surface area contributed by atoms with Gasteiger partial charge in [-0.05, 0) is 18.3 Å². The number of benzene rings is 1. The van der Waals surface area contributed by atoms with E-state index in [1.54, 1.807) is 0 Å². The van der Waals surface area contributed by atoms with Gasteiger partial charge in [-0.1, -0.05) is 17.1 Å². The quantitative estimate of drug-likeness (QED) is 0.644. The molecule has 2 aromatic rings. The average Bonchev–Trinajstić information content (AvgIpc) is 2.53. The minimum atomic E-state index is -4.88. The van der Waals surface area contributed by atoms with Crippen LogP contribution >= 0.6 is 23.8 Å². The number of hydrogen-bond acceptors (Lipinski definition) is 3. The van der Waals surface area contributed by atoms with E-state index in [2.05, 4.69) is 21.9 Å². The number of alkyl halides is 3. The van der Waals surface area contributed by atoms with E-state index in [1.807, 2.05) is 0 Å². The fourth-order valence-electron chi connectivity index (χ4n) is 1.29. The summed E-state index contributed by atoms with van der Waals surface area (Å²) in [7, 11) is 5.52. The van der Waals surface area contributed by atoms with Crippen molar-refractivity contribution < 1.29 is 22.3 Å². The molecule has 1 heterocycles. The van der Waals surface area contributed by atoms with Crippen molar-refractivity contribution in [2.24, 2.45) is 0 Å². The Morgan fingerprint density at radius 1 is 1.47 bits per heavy atom. The van der Waals surface area contributed by atoms with Gasteiger partial charge in [-0.25, -0.2) is 0 Å². The molecule has 0 aliphatic carbocycles. The van der Waals surface area contributed by atoms with Crippen LogP contribution in [0.4, 0.5) is 13.2 Å². The first-order valence-electron chi connectivity index (χ1n) is 4.14. The fraction of sp³-hybridized carbons (Fsp3) is 0.125. The second-order valence-corrected chi connectivity index (χ2v) is 3.82. The van der Waals surface area contributed by atoms with Gasteiger partial charge in [-0.2, -0.15) is 0 Å². The lowest BCUT2D eigenvalue weighted by molar-refractivity contribution is -0.274. The molecule has 9 heteroatoms. The zero-order valence-electron chi connectivity index (χ0n) is 7.89. The summed E-state index contributed by atoms with van der Waals surface area (Å²) in [6.45, 7) is 0. The summed E-state index contributed by atoms with van der Waals surface area (Å²) in [6, 6.07) is 1.09. The van der Waals surface area contributed by atoms with Gasteiger partial charge in [0.05, 0.1) is 5.02 Å². The molecule has 0 aliphatic heterocycles. The van der Waals surface area contributed by atoms with Crippen LogP contribution in [0.5, 0.6) is 5.75 Å². The molecule has 88 valence electrons. The van der Waals surface area contributed by atoms with Crippen LogP contribution in [0.2, 0.25) is 5.02 Å². The van der Waals surface area contributed by atoms with Gasteiger partial charge in [-0.15, -0.1) is 13.2 Å². The van der Waals surface area contributed by atoms with Crippen LogP contribution in [0.25, 0.3) is 11.1 Å². The Hall–Kier alpha value is -1.15. The van der Waals surface area contributed by atoms with Crippen molar-refractivity contribution in [3.8, 4) is 5.75 Å². The molecule has 2 rings (SSSR count). The predicted molar refractivity (Wildman–Crippen MR) is 58.5 cm³/mol. The number of hydrogen-bond donors (Lipinski definition) is 1. The van der Waals surface area contributed by atoms with E-state index in [9.17, 15) is 13.2 Å². The van der Waals surface area contributed by atoms with Crippen LogP contribution in [-0.2, 0) is 0 Å². The van der Waals surface area contributed by atoms with Gasteiger partial charge < -0.3 is 14.1 Å². The molecule has 1 aromatic carbocycles. The highest BCUT2D eigenvalue weighted by Crippen LogP contribution is 2.35. The van der Waals surface area contributed by atoms with Crippen molar-refractivity contribution in [1.29, 1.82) is 0 Å². The molecule has 0 atom stereocenters. The zero-order valence-corrected chi connectivity index (χ0v) is 9.46. The normalized spacial score (nSPS) is 12.0. The van der Waals surface area contributed by atoms with Crippen LogP contribution in [0.3, 0.4) is 0 Å². The van der Waals surface area contributed by atoms with Crippen LogP contribution in [0.15, 0.2) is 10.5 Å². The molecular weight excluding hydrogens is 277 g/mol. The standard InChI is InChI=1S/C8H2BClF3NO2S/c9-2-1-3(10)6(16-8(11,12)13)4-5(2)15-7(17)14-4/h1H,(H,14,17). The minimum Gasteiger partial charge on any atom is -0.430 e. The number of rotatable bonds is 1. The predicted octanol–water partition coefficient (Wildman–Crippen LogP) is 2.84. The molecule has 17 heavy (non-hydrogen) atoms. The van der Waals surface area contributed by atoms with E-state index in [-0.39, 0.29) is 26.4 Å². The van der Waals surface area contributed by atoms with Gasteiger partial charge >= 0.3 is 6.36 Å². The molecule has 0 saturated heterocycles. The number of ether oxygens (including phenoxy) is 1. The van der Waals surface area contributed by atoms with E-state index in [4.69, 9.17) is 23.9 Å². The van der Waals surface area contributed by atoms with Gasteiger partial charge in [-0.3, -0.25) is 0 Å². The molecule has 0 fully saturated rings. The third-order valence-electron chi connectivity index (χ3n) is 1.86. The molecule has 0 saturated carbocycles. The maximum Gasteiger partial charge on any atom is 0.573 e.